The molecule has 0 spiro atoms. The van der Waals surface area contributed by atoms with Crippen LogP contribution in [0, 0.1) is 5.92 Å². The molecule has 0 unspecified atom stereocenters. The van der Waals surface area contributed by atoms with Gasteiger partial charge in [-0.05, 0) is 68.2 Å². The fraction of sp³-hybridized carbons (Fsp3) is 0.360. The quantitative estimate of drug-likeness (QED) is 0.216. The number of aliphatic hydroxyl groups is 1. The number of hydrogen-bond acceptors (Lipinski definition) is 7. The third kappa shape index (κ3) is 7.11. The van der Waals surface area contributed by atoms with Crippen molar-refractivity contribution < 1.29 is 29.5 Å². The smallest absolute Gasteiger partial charge is 0.268 e. The molecule has 0 saturated carbocycles. The van der Waals surface area contributed by atoms with Gasteiger partial charge in [0.15, 0.2) is 0 Å². The van der Waals surface area contributed by atoms with Crippen LogP contribution < -0.4 is 21.8 Å². The largest absolute Gasteiger partial charge is 0.391 e. The van der Waals surface area contributed by atoms with Gasteiger partial charge in [-0.3, -0.25) is 29.3 Å². The number of likely N-dealkylation sites (tertiary alicyclic amines) is 1. The second-order valence-corrected chi connectivity index (χ2v) is 8.82. The molecule has 2 aromatic rings. The van der Waals surface area contributed by atoms with Gasteiger partial charge in [-0.15, -0.1) is 0 Å². The summed E-state index contributed by atoms with van der Waals surface area (Å²) in [4.78, 5) is 49.7. The zero-order valence-corrected chi connectivity index (χ0v) is 19.9. The molecule has 3 rings (SSSR count). The molecular formula is C25H31N5O6. The van der Waals surface area contributed by atoms with E-state index in [0.29, 0.717) is 31.6 Å². The monoisotopic (exact) mass is 497 g/mol. The van der Waals surface area contributed by atoms with E-state index in [9.17, 15) is 24.3 Å². The van der Waals surface area contributed by atoms with Crippen molar-refractivity contribution >= 4 is 29.3 Å². The number of nitrogens with two attached hydrogens (primary N) is 1. The number of primary amides is 1. The number of carbonyl (C=O) groups excluding carboxylic acids is 4. The van der Waals surface area contributed by atoms with E-state index in [1.807, 2.05) is 17.0 Å². The Balaban J connectivity index is 1.54. The predicted octanol–water partition coefficient (Wildman–Crippen LogP) is 0.474. The van der Waals surface area contributed by atoms with Crippen molar-refractivity contribution in [2.75, 3.05) is 25.0 Å². The molecule has 1 heterocycles. The van der Waals surface area contributed by atoms with Crippen LogP contribution >= 0.6 is 0 Å². The molecular weight excluding hydrogens is 466 g/mol. The fourth-order valence-electron chi connectivity index (χ4n) is 4.04. The third-order valence-corrected chi connectivity index (χ3v) is 6.17. The summed E-state index contributed by atoms with van der Waals surface area (Å²) >= 11 is 0. The highest BCUT2D eigenvalue weighted by Gasteiger charge is 2.26. The number of carbonyl (C=O) groups is 4. The van der Waals surface area contributed by atoms with Crippen LogP contribution in [0.1, 0.15) is 30.1 Å². The minimum absolute atomic E-state index is 0.116. The van der Waals surface area contributed by atoms with Crippen LogP contribution in [0.4, 0.5) is 5.69 Å². The number of amides is 4. The molecule has 4 amide bonds. The molecule has 192 valence electrons. The average molecular weight is 498 g/mol. The summed E-state index contributed by atoms with van der Waals surface area (Å²) in [6.07, 6.45) is 0.127. The molecule has 1 fully saturated rings. The van der Waals surface area contributed by atoms with Crippen molar-refractivity contribution in [1.29, 1.82) is 0 Å². The number of benzene rings is 2. The summed E-state index contributed by atoms with van der Waals surface area (Å²) in [5.74, 6) is -2.04. The number of nitrogens with one attached hydrogen (secondary N) is 3. The summed E-state index contributed by atoms with van der Waals surface area (Å²) in [6.45, 7) is 2.88. The van der Waals surface area contributed by atoms with Gasteiger partial charge >= 0.3 is 0 Å². The number of aliphatic hydroxyl groups excluding tert-OH is 1. The molecule has 11 nitrogen and oxygen atoms in total. The first-order chi connectivity index (χ1) is 17.2. The minimum atomic E-state index is -1.30. The van der Waals surface area contributed by atoms with Crippen LogP contribution in [-0.2, 0) is 14.4 Å². The van der Waals surface area contributed by atoms with Crippen molar-refractivity contribution in [1.82, 2.24) is 15.7 Å². The van der Waals surface area contributed by atoms with Gasteiger partial charge in [0.05, 0.1) is 12.6 Å². The normalized spacial score (nSPS) is 16.0. The molecule has 0 aromatic heterocycles. The van der Waals surface area contributed by atoms with Crippen molar-refractivity contribution in [3.63, 3.8) is 0 Å². The van der Waals surface area contributed by atoms with Gasteiger partial charge in [0, 0.05) is 17.2 Å². The van der Waals surface area contributed by atoms with Crippen LogP contribution in [0.3, 0.4) is 0 Å². The zero-order valence-electron chi connectivity index (χ0n) is 19.9. The van der Waals surface area contributed by atoms with Gasteiger partial charge in [0.1, 0.15) is 6.04 Å². The Morgan fingerprint density at radius 3 is 2.06 bits per heavy atom. The van der Waals surface area contributed by atoms with Crippen molar-refractivity contribution in [3.05, 3.63) is 54.1 Å². The number of rotatable bonds is 9. The van der Waals surface area contributed by atoms with E-state index in [4.69, 9.17) is 10.9 Å². The fourth-order valence-corrected chi connectivity index (χ4v) is 4.04. The molecule has 0 bridgehead atoms. The van der Waals surface area contributed by atoms with E-state index in [-0.39, 0.29) is 29.8 Å². The molecule has 0 radical (unpaired) electrons. The number of hydrogen-bond donors (Lipinski definition) is 6. The lowest BCUT2D eigenvalue weighted by Crippen LogP contribution is -2.51. The van der Waals surface area contributed by atoms with Crippen LogP contribution in [0.5, 0.6) is 0 Å². The first-order valence-electron chi connectivity index (χ1n) is 11.6. The van der Waals surface area contributed by atoms with Crippen molar-refractivity contribution in [2.45, 2.75) is 31.9 Å². The molecule has 2 atom stereocenters. The van der Waals surface area contributed by atoms with Crippen molar-refractivity contribution in [2.24, 2.45) is 11.7 Å². The summed E-state index contributed by atoms with van der Waals surface area (Å²) in [6, 6.07) is 12.6. The van der Waals surface area contributed by atoms with Crippen LogP contribution in [0.2, 0.25) is 0 Å². The van der Waals surface area contributed by atoms with Gasteiger partial charge in [0.2, 0.25) is 11.8 Å². The second-order valence-electron chi connectivity index (χ2n) is 8.82. The van der Waals surface area contributed by atoms with Gasteiger partial charge in [-0.1, -0.05) is 24.3 Å². The predicted molar refractivity (Wildman–Crippen MR) is 132 cm³/mol. The Morgan fingerprint density at radius 2 is 1.56 bits per heavy atom. The van der Waals surface area contributed by atoms with Crippen LogP contribution in [-0.4, -0.2) is 70.6 Å². The first-order valence-corrected chi connectivity index (χ1v) is 11.6. The van der Waals surface area contributed by atoms with E-state index in [0.717, 1.165) is 11.1 Å². The molecule has 1 aliphatic rings. The number of hydroxylamine groups is 1. The molecule has 36 heavy (non-hydrogen) atoms. The Morgan fingerprint density at radius 1 is 1.00 bits per heavy atom. The van der Waals surface area contributed by atoms with Gasteiger partial charge in [-0.25, -0.2) is 5.48 Å². The van der Waals surface area contributed by atoms with E-state index in [1.165, 1.54) is 12.4 Å². The summed E-state index contributed by atoms with van der Waals surface area (Å²) < 4.78 is 0. The highest BCUT2D eigenvalue weighted by Crippen LogP contribution is 2.22. The topological polar surface area (TPSA) is 174 Å². The third-order valence-electron chi connectivity index (χ3n) is 6.17. The van der Waals surface area contributed by atoms with Gasteiger partial charge in [0.25, 0.3) is 11.8 Å². The summed E-state index contributed by atoms with van der Waals surface area (Å²) in [7, 11) is 0. The highest BCUT2D eigenvalue weighted by atomic mass is 16.5. The lowest BCUT2D eigenvalue weighted by molar-refractivity contribution is -0.133. The number of nitrogens with zero attached hydrogens (tertiary/aromatic N) is 1. The second kappa shape index (κ2) is 12.2. The molecule has 11 heteroatoms. The maximum Gasteiger partial charge on any atom is 0.268 e. The Kier molecular flexibility index (Phi) is 9.12. The maximum absolute atomic E-state index is 12.4. The highest BCUT2D eigenvalue weighted by molar-refractivity contribution is 5.98. The lowest BCUT2D eigenvalue weighted by Gasteiger charge is -2.29. The van der Waals surface area contributed by atoms with Crippen LogP contribution in [0.25, 0.3) is 11.1 Å². The summed E-state index contributed by atoms with van der Waals surface area (Å²) in [5.41, 5.74) is 9.40. The van der Waals surface area contributed by atoms with Gasteiger partial charge in [-0.2, -0.15) is 0 Å². The lowest BCUT2D eigenvalue weighted by atomic mass is 9.96. The first kappa shape index (κ1) is 26.8. The molecule has 7 N–H and O–H groups in total. The maximum atomic E-state index is 12.4. The SMILES string of the molecule is C[C@@H](O)[C@H](NC(=O)c1ccc(-c2ccc(NC(=O)CN3CCC(C(N)=O)CC3)cc2)cc1)C(=O)NO. The average Bonchev–Trinajstić information content (AvgIpc) is 2.87. The van der Waals surface area contributed by atoms with E-state index < -0.39 is 24.0 Å². The standard InChI is InChI=1S/C25H31N5O6/c1-15(31)22(25(35)29-36)28-24(34)19-4-2-16(3-5-19)17-6-8-20(9-7-17)27-21(32)14-30-12-10-18(11-13-30)23(26)33/h2-9,15,18,22,31,36H,10-14H2,1H3,(H2,26,33)(H,27,32)(H,28,34)(H,29,35)/t15-,22+/m1/s1. The summed E-state index contributed by atoms with van der Waals surface area (Å²) in [5, 5.41) is 23.7. The molecule has 1 aliphatic heterocycles. The van der Waals surface area contributed by atoms with E-state index in [2.05, 4.69) is 10.6 Å². The van der Waals surface area contributed by atoms with Gasteiger partial charge < -0.3 is 21.5 Å². The van der Waals surface area contributed by atoms with E-state index >= 15 is 0 Å². The number of piperidine rings is 1. The Labute approximate surface area is 208 Å². The molecule has 1 saturated heterocycles. The number of anilines is 1. The molecule has 0 aliphatic carbocycles. The Hall–Kier alpha value is -3.80. The van der Waals surface area contributed by atoms with Crippen molar-refractivity contribution in [3.8, 4) is 11.1 Å². The zero-order chi connectivity index (χ0) is 26.2. The van der Waals surface area contributed by atoms with Crippen LogP contribution in [0.15, 0.2) is 48.5 Å². The minimum Gasteiger partial charge on any atom is -0.391 e. The van der Waals surface area contributed by atoms with E-state index in [1.54, 1.807) is 36.4 Å². The molecule has 2 aromatic carbocycles. The Bertz CT molecular complexity index is 1080.